The summed E-state index contributed by atoms with van der Waals surface area (Å²) >= 11 is 0. The summed E-state index contributed by atoms with van der Waals surface area (Å²) in [6, 6.07) is 5.73. The zero-order valence-electron chi connectivity index (χ0n) is 19.0. The van der Waals surface area contributed by atoms with Gasteiger partial charge in [0.25, 0.3) is 0 Å². The molecular formula is C23H33NO6. The molecule has 1 aliphatic rings. The Morgan fingerprint density at radius 3 is 2.30 bits per heavy atom. The molecule has 0 saturated heterocycles. The molecule has 1 aromatic rings. The van der Waals surface area contributed by atoms with Gasteiger partial charge in [-0.2, -0.15) is 5.48 Å². The minimum absolute atomic E-state index is 0.499. The van der Waals surface area contributed by atoms with Crippen molar-refractivity contribution in [3.63, 3.8) is 0 Å². The number of amides is 1. The highest BCUT2D eigenvalue weighted by Gasteiger charge is 2.50. The SMILES string of the molecule is C=Cc1ccc2c(c1)CC[C@H]([C@](C)(ONC(=O)OC(C)(C)C)C(=O)OC(C)(C)C)O2. The van der Waals surface area contributed by atoms with E-state index in [1.54, 1.807) is 54.5 Å². The quantitative estimate of drug-likeness (QED) is 0.556. The zero-order chi connectivity index (χ0) is 22.7. The van der Waals surface area contributed by atoms with Crippen molar-refractivity contribution in [1.29, 1.82) is 0 Å². The maximum atomic E-state index is 13.1. The van der Waals surface area contributed by atoms with Crippen LogP contribution in [0.3, 0.4) is 0 Å². The first-order valence-electron chi connectivity index (χ1n) is 10.1. The van der Waals surface area contributed by atoms with Crippen LogP contribution in [0, 0.1) is 0 Å². The van der Waals surface area contributed by atoms with Crippen molar-refractivity contribution in [2.75, 3.05) is 0 Å². The summed E-state index contributed by atoms with van der Waals surface area (Å²) in [7, 11) is 0. The second-order valence-electron chi connectivity index (χ2n) is 9.53. The van der Waals surface area contributed by atoms with Gasteiger partial charge in [-0.1, -0.05) is 18.7 Å². The van der Waals surface area contributed by atoms with Gasteiger partial charge in [-0.15, -0.1) is 0 Å². The second kappa shape index (κ2) is 8.68. The summed E-state index contributed by atoms with van der Waals surface area (Å²) in [5.74, 6) is 0.0229. The lowest BCUT2D eigenvalue weighted by atomic mass is 9.90. The first-order valence-corrected chi connectivity index (χ1v) is 10.1. The number of ether oxygens (including phenoxy) is 3. The normalized spacial score (nSPS) is 18.3. The molecule has 1 heterocycles. The predicted octanol–water partition coefficient (Wildman–Crippen LogP) is 4.58. The van der Waals surface area contributed by atoms with Crippen molar-refractivity contribution >= 4 is 18.1 Å². The predicted molar refractivity (Wildman–Crippen MR) is 114 cm³/mol. The molecule has 0 bridgehead atoms. The number of rotatable bonds is 5. The van der Waals surface area contributed by atoms with Gasteiger partial charge < -0.3 is 14.2 Å². The monoisotopic (exact) mass is 419 g/mol. The van der Waals surface area contributed by atoms with Gasteiger partial charge in [0, 0.05) is 0 Å². The van der Waals surface area contributed by atoms with Gasteiger partial charge in [-0.05, 0) is 84.6 Å². The minimum Gasteiger partial charge on any atom is -0.486 e. The molecule has 7 nitrogen and oxygen atoms in total. The van der Waals surface area contributed by atoms with E-state index in [0.717, 1.165) is 11.1 Å². The third kappa shape index (κ3) is 6.23. The van der Waals surface area contributed by atoms with E-state index in [1.165, 1.54) is 0 Å². The fourth-order valence-corrected chi connectivity index (χ4v) is 2.99. The fraction of sp³-hybridized carbons (Fsp3) is 0.565. The van der Waals surface area contributed by atoms with Gasteiger partial charge in [0.2, 0.25) is 5.60 Å². The molecule has 1 aliphatic heterocycles. The van der Waals surface area contributed by atoms with E-state index in [0.29, 0.717) is 18.6 Å². The van der Waals surface area contributed by atoms with E-state index in [4.69, 9.17) is 19.0 Å². The Morgan fingerprint density at radius 1 is 1.10 bits per heavy atom. The van der Waals surface area contributed by atoms with Crippen LogP contribution < -0.4 is 10.2 Å². The maximum Gasteiger partial charge on any atom is 0.431 e. The van der Waals surface area contributed by atoms with Crippen molar-refractivity contribution in [2.24, 2.45) is 0 Å². The standard InChI is InChI=1S/C23H33NO6/c1-9-15-10-12-17-16(14-15)11-13-18(27-17)23(8,19(25)28-21(2,3)4)30-24-20(26)29-22(5,6)7/h9-10,12,14,18H,1,11,13H2,2-8H3,(H,24,26)/t18-,23+/m1/s1. The highest BCUT2D eigenvalue weighted by Crippen LogP contribution is 2.35. The molecule has 0 saturated carbocycles. The Kier molecular flexibility index (Phi) is 6.87. The first kappa shape index (κ1) is 23.7. The average Bonchev–Trinajstić information content (AvgIpc) is 2.62. The van der Waals surface area contributed by atoms with Gasteiger partial charge >= 0.3 is 12.1 Å². The molecule has 0 radical (unpaired) electrons. The number of fused-ring (bicyclic) bond motifs is 1. The summed E-state index contributed by atoms with van der Waals surface area (Å²) in [6.07, 6.45) is 1.47. The average molecular weight is 420 g/mol. The smallest absolute Gasteiger partial charge is 0.431 e. The Hall–Kier alpha value is -2.54. The molecular weight excluding hydrogens is 386 g/mol. The highest BCUT2D eigenvalue weighted by atomic mass is 16.7. The number of nitrogens with one attached hydrogen (secondary N) is 1. The Balaban J connectivity index is 2.25. The molecule has 0 spiro atoms. The Bertz CT molecular complexity index is 805. The van der Waals surface area contributed by atoms with Crippen molar-refractivity contribution in [3.8, 4) is 5.75 Å². The summed E-state index contributed by atoms with van der Waals surface area (Å²) in [5.41, 5.74) is 1.22. The lowest BCUT2D eigenvalue weighted by Gasteiger charge is -2.39. The summed E-state index contributed by atoms with van der Waals surface area (Å²) < 4.78 is 16.9. The summed E-state index contributed by atoms with van der Waals surface area (Å²) in [6.45, 7) is 15.8. The Labute approximate surface area is 178 Å². The first-order chi connectivity index (χ1) is 13.7. The highest BCUT2D eigenvalue weighted by molar-refractivity contribution is 5.81. The largest absolute Gasteiger partial charge is 0.486 e. The lowest BCUT2D eigenvalue weighted by molar-refractivity contribution is -0.205. The van der Waals surface area contributed by atoms with E-state index in [9.17, 15) is 9.59 Å². The molecule has 2 rings (SSSR count). The molecule has 1 aromatic carbocycles. The second-order valence-corrected chi connectivity index (χ2v) is 9.53. The van der Waals surface area contributed by atoms with Crippen molar-refractivity contribution in [1.82, 2.24) is 5.48 Å². The summed E-state index contributed by atoms with van der Waals surface area (Å²) in [5, 5.41) is 0. The number of aryl methyl sites for hydroxylation is 1. The van der Waals surface area contributed by atoms with Crippen LogP contribution in [0.25, 0.3) is 6.08 Å². The molecule has 0 unspecified atom stereocenters. The van der Waals surface area contributed by atoms with E-state index in [-0.39, 0.29) is 0 Å². The third-order valence-corrected chi connectivity index (χ3v) is 4.43. The number of hydrogen-bond acceptors (Lipinski definition) is 6. The topological polar surface area (TPSA) is 83.1 Å². The maximum absolute atomic E-state index is 13.1. The van der Waals surface area contributed by atoms with E-state index in [1.807, 2.05) is 18.2 Å². The molecule has 0 aromatic heterocycles. The molecule has 0 aliphatic carbocycles. The van der Waals surface area contributed by atoms with Crippen LogP contribution in [0.5, 0.6) is 5.75 Å². The molecule has 0 fully saturated rings. The van der Waals surface area contributed by atoms with Gasteiger partial charge in [-0.3, -0.25) is 0 Å². The van der Waals surface area contributed by atoms with Crippen molar-refractivity contribution < 1.29 is 28.6 Å². The van der Waals surface area contributed by atoms with E-state index < -0.39 is 35.0 Å². The molecule has 7 heteroatoms. The van der Waals surface area contributed by atoms with Crippen LogP contribution in [0.1, 0.15) is 66.0 Å². The molecule has 1 N–H and O–H groups in total. The van der Waals surface area contributed by atoms with Crippen molar-refractivity contribution in [2.45, 2.75) is 84.2 Å². The minimum atomic E-state index is -1.58. The number of esters is 1. The van der Waals surface area contributed by atoms with Crippen LogP contribution in [-0.2, 0) is 25.5 Å². The lowest BCUT2D eigenvalue weighted by Crippen LogP contribution is -2.58. The van der Waals surface area contributed by atoms with Gasteiger partial charge in [0.05, 0.1) is 0 Å². The van der Waals surface area contributed by atoms with Crippen LogP contribution in [0.2, 0.25) is 0 Å². The van der Waals surface area contributed by atoms with Crippen LogP contribution in [-0.4, -0.2) is 35.0 Å². The van der Waals surface area contributed by atoms with Crippen LogP contribution in [0.15, 0.2) is 24.8 Å². The van der Waals surface area contributed by atoms with Crippen molar-refractivity contribution in [3.05, 3.63) is 35.9 Å². The molecule has 166 valence electrons. The number of carbonyl (C=O) groups excluding carboxylic acids is 2. The van der Waals surface area contributed by atoms with Crippen LogP contribution >= 0.6 is 0 Å². The Morgan fingerprint density at radius 2 is 1.73 bits per heavy atom. The molecule has 30 heavy (non-hydrogen) atoms. The van der Waals surface area contributed by atoms with Crippen LogP contribution in [0.4, 0.5) is 4.79 Å². The molecule has 1 amide bonds. The number of hydrogen-bond donors (Lipinski definition) is 1. The number of benzene rings is 1. The van der Waals surface area contributed by atoms with Gasteiger partial charge in [0.1, 0.15) is 23.1 Å². The van der Waals surface area contributed by atoms with E-state index >= 15 is 0 Å². The number of hydroxylamine groups is 1. The molecule has 2 atom stereocenters. The third-order valence-electron chi connectivity index (χ3n) is 4.43. The number of carbonyl (C=O) groups is 2. The van der Waals surface area contributed by atoms with Gasteiger partial charge in [-0.25, -0.2) is 14.4 Å². The zero-order valence-corrected chi connectivity index (χ0v) is 19.0. The summed E-state index contributed by atoms with van der Waals surface area (Å²) in [4.78, 5) is 30.8. The van der Waals surface area contributed by atoms with Gasteiger partial charge in [0.15, 0.2) is 0 Å². The van der Waals surface area contributed by atoms with E-state index in [2.05, 4.69) is 12.1 Å². The fourth-order valence-electron chi connectivity index (χ4n) is 2.99.